The van der Waals surface area contributed by atoms with Crippen molar-refractivity contribution in [2.24, 2.45) is 0 Å². The SMILES string of the molecule is C#Cc1ccc(F)c2cc(O)cc(C(C)C)c12.CC.CF. The topological polar surface area (TPSA) is 20.2 Å². The number of rotatable bonds is 1. The van der Waals surface area contributed by atoms with Gasteiger partial charge in [-0.3, -0.25) is 4.39 Å². The Labute approximate surface area is 125 Å². The van der Waals surface area contributed by atoms with Gasteiger partial charge in [-0.25, -0.2) is 4.39 Å². The van der Waals surface area contributed by atoms with Crippen LogP contribution in [0, 0.1) is 18.2 Å². The summed E-state index contributed by atoms with van der Waals surface area (Å²) in [5.41, 5.74) is 1.53. The van der Waals surface area contributed by atoms with E-state index in [4.69, 9.17) is 6.42 Å². The van der Waals surface area contributed by atoms with Gasteiger partial charge in [0.05, 0.1) is 7.18 Å². The molecule has 0 spiro atoms. The number of fused-ring (bicyclic) bond motifs is 1. The summed E-state index contributed by atoms with van der Waals surface area (Å²) in [6.07, 6.45) is 5.44. The first-order valence-corrected chi connectivity index (χ1v) is 6.84. The van der Waals surface area contributed by atoms with Crippen molar-refractivity contribution in [1.82, 2.24) is 0 Å². The molecule has 0 saturated carbocycles. The minimum atomic E-state index is -0.364. The summed E-state index contributed by atoms with van der Waals surface area (Å²) in [7, 11) is 0.500. The van der Waals surface area contributed by atoms with Crippen LogP contribution in [0.3, 0.4) is 0 Å². The number of hydrogen-bond donors (Lipinski definition) is 1. The van der Waals surface area contributed by atoms with Gasteiger partial charge in [0.2, 0.25) is 0 Å². The number of phenolic OH excluding ortho intramolecular Hbond substituents is 1. The average molecular weight is 292 g/mol. The molecular formula is C18H22F2O. The number of benzene rings is 2. The van der Waals surface area contributed by atoms with Gasteiger partial charge in [-0.2, -0.15) is 0 Å². The second kappa shape index (κ2) is 8.97. The predicted molar refractivity (Wildman–Crippen MR) is 86.0 cm³/mol. The van der Waals surface area contributed by atoms with Gasteiger partial charge in [0.1, 0.15) is 11.6 Å². The van der Waals surface area contributed by atoms with E-state index in [2.05, 4.69) is 5.92 Å². The van der Waals surface area contributed by atoms with Gasteiger partial charge in [0.25, 0.3) is 0 Å². The second-order valence-corrected chi connectivity index (χ2v) is 4.35. The maximum Gasteiger partial charge on any atom is 0.131 e. The lowest BCUT2D eigenvalue weighted by Crippen LogP contribution is -1.94. The molecule has 2 rings (SSSR count). The normalized spacial score (nSPS) is 9.29. The Bertz CT molecular complexity index is 625. The van der Waals surface area contributed by atoms with E-state index in [1.165, 1.54) is 12.1 Å². The molecule has 0 bridgehead atoms. The van der Waals surface area contributed by atoms with Gasteiger partial charge in [0, 0.05) is 16.3 Å². The third-order valence-corrected chi connectivity index (χ3v) is 2.85. The van der Waals surface area contributed by atoms with Gasteiger partial charge >= 0.3 is 0 Å². The molecule has 2 aromatic rings. The fraction of sp³-hybridized carbons (Fsp3) is 0.333. The first kappa shape index (κ1) is 18.9. The fourth-order valence-corrected chi connectivity index (χ4v) is 2.04. The lowest BCUT2D eigenvalue weighted by molar-refractivity contribution is 0.474. The van der Waals surface area contributed by atoms with E-state index in [1.54, 1.807) is 12.1 Å². The molecule has 0 aromatic heterocycles. The van der Waals surface area contributed by atoms with Gasteiger partial charge in [0.15, 0.2) is 0 Å². The Balaban J connectivity index is 0.000000921. The van der Waals surface area contributed by atoms with E-state index in [0.717, 1.165) is 10.9 Å². The van der Waals surface area contributed by atoms with E-state index < -0.39 is 0 Å². The first-order chi connectivity index (χ1) is 10.0. The molecule has 0 unspecified atom stereocenters. The van der Waals surface area contributed by atoms with Crippen molar-refractivity contribution in [3.05, 3.63) is 41.2 Å². The Hall–Kier alpha value is -2.08. The van der Waals surface area contributed by atoms with Crippen LogP contribution in [-0.2, 0) is 0 Å². The van der Waals surface area contributed by atoms with Crippen molar-refractivity contribution in [2.75, 3.05) is 7.18 Å². The number of halogens is 2. The first-order valence-electron chi connectivity index (χ1n) is 6.84. The van der Waals surface area contributed by atoms with Crippen molar-refractivity contribution in [3.8, 4) is 18.1 Å². The van der Waals surface area contributed by atoms with Gasteiger partial charge in [-0.05, 0) is 35.7 Å². The lowest BCUT2D eigenvalue weighted by atomic mass is 9.92. The minimum Gasteiger partial charge on any atom is -0.508 e. The summed E-state index contributed by atoms with van der Waals surface area (Å²) < 4.78 is 23.2. The van der Waals surface area contributed by atoms with Crippen molar-refractivity contribution < 1.29 is 13.9 Å². The molecule has 0 aliphatic carbocycles. The van der Waals surface area contributed by atoms with Crippen LogP contribution in [0.2, 0.25) is 0 Å². The largest absolute Gasteiger partial charge is 0.508 e. The van der Waals surface area contributed by atoms with Crippen molar-refractivity contribution in [1.29, 1.82) is 0 Å². The van der Waals surface area contributed by atoms with E-state index in [0.29, 0.717) is 18.1 Å². The highest BCUT2D eigenvalue weighted by Crippen LogP contribution is 2.33. The zero-order chi connectivity index (χ0) is 16.6. The molecule has 0 atom stereocenters. The molecule has 114 valence electrons. The fourth-order valence-electron chi connectivity index (χ4n) is 2.04. The molecule has 1 N–H and O–H groups in total. The Kier molecular flexibility index (Phi) is 8.08. The van der Waals surface area contributed by atoms with Crippen LogP contribution >= 0.6 is 0 Å². The van der Waals surface area contributed by atoms with Crippen molar-refractivity contribution in [2.45, 2.75) is 33.6 Å². The van der Waals surface area contributed by atoms with Crippen LogP contribution < -0.4 is 0 Å². The van der Waals surface area contributed by atoms with Crippen LogP contribution in [0.5, 0.6) is 5.75 Å². The zero-order valence-electron chi connectivity index (χ0n) is 13.2. The van der Waals surface area contributed by atoms with E-state index in [1.807, 2.05) is 27.7 Å². The molecule has 0 radical (unpaired) electrons. The van der Waals surface area contributed by atoms with E-state index >= 15 is 0 Å². The van der Waals surface area contributed by atoms with Gasteiger partial charge in [-0.1, -0.05) is 33.6 Å². The zero-order valence-corrected chi connectivity index (χ0v) is 13.2. The predicted octanol–water partition coefficient (Wildman–Crippen LogP) is 5.40. The average Bonchev–Trinajstić information content (AvgIpc) is 2.51. The van der Waals surface area contributed by atoms with E-state index in [9.17, 15) is 13.9 Å². The van der Waals surface area contributed by atoms with Crippen LogP contribution in [0.25, 0.3) is 10.8 Å². The molecule has 21 heavy (non-hydrogen) atoms. The summed E-state index contributed by atoms with van der Waals surface area (Å²) in [5, 5.41) is 10.7. The number of aromatic hydroxyl groups is 1. The van der Waals surface area contributed by atoms with Gasteiger partial charge < -0.3 is 5.11 Å². The Morgan fingerprint density at radius 1 is 1.14 bits per heavy atom. The molecule has 3 heteroatoms. The molecule has 0 aliphatic rings. The highest BCUT2D eigenvalue weighted by molar-refractivity contribution is 5.93. The van der Waals surface area contributed by atoms with Gasteiger partial charge in [-0.15, -0.1) is 6.42 Å². The number of alkyl halides is 1. The quantitative estimate of drug-likeness (QED) is 0.698. The third-order valence-electron chi connectivity index (χ3n) is 2.85. The molecule has 0 heterocycles. The maximum atomic E-state index is 13.7. The summed E-state index contributed by atoms with van der Waals surface area (Å²) in [4.78, 5) is 0. The molecule has 0 aliphatic heterocycles. The summed E-state index contributed by atoms with van der Waals surface area (Å²) in [6.45, 7) is 7.97. The second-order valence-electron chi connectivity index (χ2n) is 4.35. The van der Waals surface area contributed by atoms with Crippen LogP contribution in [-0.4, -0.2) is 12.3 Å². The molecule has 0 amide bonds. The maximum absolute atomic E-state index is 13.7. The monoisotopic (exact) mass is 292 g/mol. The number of hydrogen-bond acceptors (Lipinski definition) is 1. The number of terminal acetylenes is 1. The number of phenols is 1. The summed E-state index contributed by atoms with van der Waals surface area (Å²) in [5.74, 6) is 2.43. The Morgan fingerprint density at radius 2 is 1.71 bits per heavy atom. The molecule has 0 saturated heterocycles. The van der Waals surface area contributed by atoms with Crippen LogP contribution in [0.4, 0.5) is 8.78 Å². The highest BCUT2D eigenvalue weighted by atomic mass is 19.1. The van der Waals surface area contributed by atoms with Crippen molar-refractivity contribution >= 4 is 10.8 Å². The standard InChI is InChI=1S/C15H13FO.C2H6.CH3F/c1-4-10-5-6-14(16)13-8-11(17)7-12(9(2)3)15(10)13;2*1-2/h1,5-9,17H,2-3H3;1-2H3;1H3. The molecule has 1 nitrogen and oxygen atoms in total. The van der Waals surface area contributed by atoms with E-state index in [-0.39, 0.29) is 17.5 Å². The third kappa shape index (κ3) is 4.19. The minimum absolute atomic E-state index is 0.0641. The molecule has 2 aromatic carbocycles. The molecule has 0 fully saturated rings. The van der Waals surface area contributed by atoms with Crippen molar-refractivity contribution in [3.63, 3.8) is 0 Å². The summed E-state index contributed by atoms with van der Waals surface area (Å²) >= 11 is 0. The lowest BCUT2D eigenvalue weighted by Gasteiger charge is -2.13. The highest BCUT2D eigenvalue weighted by Gasteiger charge is 2.13. The molecular weight excluding hydrogens is 270 g/mol. The Morgan fingerprint density at radius 3 is 2.19 bits per heavy atom. The van der Waals surface area contributed by atoms with Crippen LogP contribution in [0.15, 0.2) is 24.3 Å². The smallest absolute Gasteiger partial charge is 0.131 e. The summed E-state index contributed by atoms with van der Waals surface area (Å²) in [6, 6.07) is 5.99. The van der Waals surface area contributed by atoms with Crippen LogP contribution in [0.1, 0.15) is 44.7 Å².